The van der Waals surface area contributed by atoms with Crippen LogP contribution in [0, 0.1) is 23.7 Å². The minimum absolute atomic E-state index is 1.02. The first-order valence-electron chi connectivity index (χ1n) is 7.81. The fraction of sp³-hybridized carbons (Fsp3) is 0.765. The van der Waals surface area contributed by atoms with Gasteiger partial charge < -0.3 is 9.80 Å². The van der Waals surface area contributed by atoms with E-state index in [1.807, 2.05) is 0 Å². The molecule has 0 radical (unpaired) electrons. The molecular weight excluding hydrogens is 232 g/mol. The van der Waals surface area contributed by atoms with Gasteiger partial charge in [-0.25, -0.2) is 0 Å². The van der Waals surface area contributed by atoms with E-state index in [9.17, 15) is 0 Å². The lowest BCUT2D eigenvalue weighted by Gasteiger charge is -2.21. The van der Waals surface area contributed by atoms with E-state index in [0.717, 1.165) is 51.9 Å². The van der Waals surface area contributed by atoms with Crippen LogP contribution in [-0.2, 0) is 0 Å². The molecular formula is C17H26N2. The SMILES string of the molecule is C1#CCCN2CCC#CCCN(CC1)CCCCC2. The van der Waals surface area contributed by atoms with Gasteiger partial charge in [0.15, 0.2) is 0 Å². The summed E-state index contributed by atoms with van der Waals surface area (Å²) in [7, 11) is 0. The first kappa shape index (κ1) is 14.4. The molecule has 2 aliphatic rings. The highest BCUT2D eigenvalue weighted by Crippen LogP contribution is 2.05. The van der Waals surface area contributed by atoms with Crippen LogP contribution in [0.25, 0.3) is 0 Å². The Labute approximate surface area is 118 Å². The zero-order valence-corrected chi connectivity index (χ0v) is 12.1. The van der Waals surface area contributed by atoms with Crippen molar-refractivity contribution in [1.29, 1.82) is 0 Å². The lowest BCUT2D eigenvalue weighted by atomic mass is 10.2. The molecule has 104 valence electrons. The maximum Gasteiger partial charge on any atom is 0.0217 e. The summed E-state index contributed by atoms with van der Waals surface area (Å²) >= 11 is 0. The van der Waals surface area contributed by atoms with E-state index in [1.165, 1.54) is 32.4 Å². The van der Waals surface area contributed by atoms with Gasteiger partial charge in [-0.1, -0.05) is 6.42 Å². The van der Waals surface area contributed by atoms with E-state index in [4.69, 9.17) is 0 Å². The molecule has 2 heterocycles. The molecule has 0 N–H and O–H groups in total. The van der Waals surface area contributed by atoms with Crippen LogP contribution in [0.1, 0.15) is 44.9 Å². The Bertz CT molecular complexity index is 306. The topological polar surface area (TPSA) is 6.48 Å². The van der Waals surface area contributed by atoms with E-state index in [1.54, 1.807) is 0 Å². The maximum absolute atomic E-state index is 3.34. The van der Waals surface area contributed by atoms with Gasteiger partial charge in [0.05, 0.1) is 0 Å². The molecule has 2 heteroatoms. The smallest absolute Gasteiger partial charge is 0.0217 e. The van der Waals surface area contributed by atoms with Crippen LogP contribution >= 0.6 is 0 Å². The molecule has 19 heavy (non-hydrogen) atoms. The quantitative estimate of drug-likeness (QED) is 0.615. The third-order valence-electron chi connectivity index (χ3n) is 3.91. The summed E-state index contributed by atoms with van der Waals surface area (Å²) in [5.41, 5.74) is 0. The van der Waals surface area contributed by atoms with Gasteiger partial charge in [0.2, 0.25) is 0 Å². The molecule has 0 fully saturated rings. The molecule has 2 nitrogen and oxygen atoms in total. The van der Waals surface area contributed by atoms with E-state index >= 15 is 0 Å². The Morgan fingerprint density at radius 2 is 0.789 bits per heavy atom. The Morgan fingerprint density at radius 1 is 0.421 bits per heavy atom. The predicted molar refractivity (Wildman–Crippen MR) is 80.8 cm³/mol. The fourth-order valence-corrected chi connectivity index (χ4v) is 2.73. The monoisotopic (exact) mass is 258 g/mol. The molecule has 0 aromatic carbocycles. The third-order valence-corrected chi connectivity index (χ3v) is 3.91. The molecule has 0 aliphatic carbocycles. The first-order valence-corrected chi connectivity index (χ1v) is 7.81. The van der Waals surface area contributed by atoms with Crippen molar-refractivity contribution in [3.8, 4) is 23.7 Å². The highest BCUT2D eigenvalue weighted by Gasteiger charge is 2.07. The third kappa shape index (κ3) is 6.15. The molecule has 0 amide bonds. The van der Waals surface area contributed by atoms with Crippen LogP contribution in [0.2, 0.25) is 0 Å². The molecule has 0 spiro atoms. The lowest BCUT2D eigenvalue weighted by molar-refractivity contribution is 0.264. The van der Waals surface area contributed by atoms with Crippen LogP contribution in [0.5, 0.6) is 0 Å². The molecule has 0 saturated heterocycles. The Kier molecular flexibility index (Phi) is 6.86. The van der Waals surface area contributed by atoms with Gasteiger partial charge >= 0.3 is 0 Å². The van der Waals surface area contributed by atoms with Crippen LogP contribution in [0.15, 0.2) is 0 Å². The summed E-state index contributed by atoms with van der Waals surface area (Å²) in [5.74, 6) is 13.4. The second kappa shape index (κ2) is 9.03. The zero-order valence-electron chi connectivity index (χ0n) is 12.1. The molecule has 2 bridgehead atoms. The zero-order chi connectivity index (χ0) is 13.2. The molecule has 2 aliphatic heterocycles. The highest BCUT2D eigenvalue weighted by molar-refractivity contribution is 5.02. The number of nitrogens with zero attached hydrogens (tertiary/aromatic N) is 2. The second-order valence-electron chi connectivity index (χ2n) is 5.45. The summed E-state index contributed by atoms with van der Waals surface area (Å²) in [6, 6.07) is 0. The van der Waals surface area contributed by atoms with Gasteiger partial charge in [-0.05, 0) is 25.9 Å². The van der Waals surface area contributed by atoms with E-state index in [-0.39, 0.29) is 0 Å². The van der Waals surface area contributed by atoms with Crippen molar-refractivity contribution in [2.75, 3.05) is 39.3 Å². The highest BCUT2D eigenvalue weighted by atomic mass is 15.1. The van der Waals surface area contributed by atoms with E-state index in [0.29, 0.717) is 0 Å². The van der Waals surface area contributed by atoms with Crippen molar-refractivity contribution in [1.82, 2.24) is 9.80 Å². The normalized spacial score (nSPS) is 29.5. The van der Waals surface area contributed by atoms with Crippen molar-refractivity contribution < 1.29 is 0 Å². The van der Waals surface area contributed by atoms with Gasteiger partial charge in [-0.15, -0.1) is 23.7 Å². The van der Waals surface area contributed by atoms with Gasteiger partial charge in [0, 0.05) is 51.9 Å². The largest absolute Gasteiger partial charge is 0.301 e. The summed E-state index contributed by atoms with van der Waals surface area (Å²) in [4.78, 5) is 5.10. The number of fused-ring (bicyclic) bond motifs is 6. The van der Waals surface area contributed by atoms with Crippen molar-refractivity contribution in [3.05, 3.63) is 0 Å². The van der Waals surface area contributed by atoms with Crippen LogP contribution in [0.3, 0.4) is 0 Å². The van der Waals surface area contributed by atoms with Gasteiger partial charge in [-0.3, -0.25) is 0 Å². The Hall–Kier alpha value is -0.960. The summed E-state index contributed by atoms with van der Waals surface area (Å²) < 4.78 is 0. The molecule has 0 aromatic heterocycles. The number of hydrogen-bond donors (Lipinski definition) is 0. The lowest BCUT2D eigenvalue weighted by Crippen LogP contribution is -2.27. The second-order valence-corrected chi connectivity index (χ2v) is 5.45. The van der Waals surface area contributed by atoms with E-state index < -0.39 is 0 Å². The van der Waals surface area contributed by atoms with Crippen molar-refractivity contribution in [3.63, 3.8) is 0 Å². The Morgan fingerprint density at radius 3 is 1.16 bits per heavy atom. The van der Waals surface area contributed by atoms with Gasteiger partial charge in [0.25, 0.3) is 0 Å². The summed E-state index contributed by atoms with van der Waals surface area (Å²) in [6.07, 6.45) is 8.10. The molecule has 0 aromatic rings. The van der Waals surface area contributed by atoms with Crippen LogP contribution in [-0.4, -0.2) is 49.1 Å². The average Bonchev–Trinajstić information content (AvgIpc) is 2.46. The Balaban J connectivity index is 2.02. The van der Waals surface area contributed by atoms with Crippen LogP contribution in [0.4, 0.5) is 0 Å². The molecule has 0 atom stereocenters. The molecule has 0 unspecified atom stereocenters. The average molecular weight is 258 g/mol. The fourth-order valence-electron chi connectivity index (χ4n) is 2.73. The maximum atomic E-state index is 3.34. The minimum atomic E-state index is 1.02. The van der Waals surface area contributed by atoms with E-state index in [2.05, 4.69) is 33.5 Å². The minimum Gasteiger partial charge on any atom is -0.301 e. The standard InChI is InChI=1S/C17H26N2/c1-2-7-13-19-15-9-4-3-8-14-18(12-6-1)16-10-5-11-17-19/h5-17H2. The van der Waals surface area contributed by atoms with Crippen molar-refractivity contribution in [2.45, 2.75) is 44.9 Å². The first-order chi connectivity index (χ1) is 9.45. The van der Waals surface area contributed by atoms with Crippen LogP contribution < -0.4 is 0 Å². The molecule has 0 saturated carbocycles. The van der Waals surface area contributed by atoms with Crippen molar-refractivity contribution >= 4 is 0 Å². The molecule has 2 rings (SSSR count). The van der Waals surface area contributed by atoms with Gasteiger partial charge in [-0.2, -0.15) is 0 Å². The van der Waals surface area contributed by atoms with Gasteiger partial charge in [0.1, 0.15) is 0 Å². The van der Waals surface area contributed by atoms with Crippen molar-refractivity contribution in [2.24, 2.45) is 0 Å². The number of hydrogen-bond acceptors (Lipinski definition) is 2. The summed E-state index contributed by atoms with van der Waals surface area (Å²) in [6.45, 7) is 6.94. The summed E-state index contributed by atoms with van der Waals surface area (Å²) in [5, 5.41) is 0. The predicted octanol–water partition coefficient (Wildman–Crippen LogP) is 2.36. The number of rotatable bonds is 0.